The van der Waals surface area contributed by atoms with Crippen molar-refractivity contribution >= 4 is 11.6 Å². The minimum atomic E-state index is 0.555. The predicted octanol–water partition coefficient (Wildman–Crippen LogP) is 2.54. The fourth-order valence-electron chi connectivity index (χ4n) is 1.69. The molecular weight excluding hydrogens is 200 g/mol. The molecule has 0 atom stereocenters. The van der Waals surface area contributed by atoms with Gasteiger partial charge in [-0.15, -0.1) is 0 Å². The van der Waals surface area contributed by atoms with Crippen LogP contribution in [-0.2, 0) is 0 Å². The largest absolute Gasteiger partial charge is 0.384 e. The average molecular weight is 220 g/mol. The number of nitrogens with zero attached hydrogens (tertiary/aromatic N) is 2. The van der Waals surface area contributed by atoms with E-state index in [0.717, 1.165) is 18.2 Å². The number of unbranched alkanes of at least 4 members (excludes halogenated alkanes) is 2. The third kappa shape index (κ3) is 3.08. The average Bonchev–Trinajstić information content (AvgIpc) is 3.07. The van der Waals surface area contributed by atoms with Crippen LogP contribution >= 0.6 is 0 Å². The van der Waals surface area contributed by atoms with Gasteiger partial charge in [-0.2, -0.15) is 0 Å². The summed E-state index contributed by atoms with van der Waals surface area (Å²) in [6.07, 6.45) is 6.08. The molecule has 0 amide bonds. The molecule has 3 N–H and O–H groups in total. The van der Waals surface area contributed by atoms with E-state index >= 15 is 0 Å². The van der Waals surface area contributed by atoms with Crippen LogP contribution in [0, 0.1) is 0 Å². The Hall–Kier alpha value is -1.32. The lowest BCUT2D eigenvalue weighted by molar-refractivity contribution is 0.741. The minimum Gasteiger partial charge on any atom is -0.384 e. The molecule has 0 spiro atoms. The first-order chi connectivity index (χ1) is 7.79. The van der Waals surface area contributed by atoms with Gasteiger partial charge in [-0.05, 0) is 19.3 Å². The van der Waals surface area contributed by atoms with E-state index in [2.05, 4.69) is 22.2 Å². The van der Waals surface area contributed by atoms with Crippen LogP contribution in [0.5, 0.6) is 0 Å². The lowest BCUT2D eigenvalue weighted by atomic mass is 10.2. The third-order valence-corrected chi connectivity index (χ3v) is 2.79. The van der Waals surface area contributed by atoms with E-state index in [1.54, 1.807) is 0 Å². The van der Waals surface area contributed by atoms with Crippen molar-refractivity contribution in [1.82, 2.24) is 9.97 Å². The molecule has 0 saturated heterocycles. The van der Waals surface area contributed by atoms with Gasteiger partial charge in [0.1, 0.15) is 17.5 Å². The number of aromatic nitrogens is 2. The van der Waals surface area contributed by atoms with E-state index in [9.17, 15) is 0 Å². The lowest BCUT2D eigenvalue weighted by Crippen LogP contribution is -2.07. The van der Waals surface area contributed by atoms with Gasteiger partial charge in [-0.1, -0.05) is 19.8 Å². The highest BCUT2D eigenvalue weighted by atomic mass is 15.1. The number of nitrogens with one attached hydrogen (secondary N) is 1. The zero-order valence-corrected chi connectivity index (χ0v) is 9.87. The number of rotatable bonds is 6. The van der Waals surface area contributed by atoms with Crippen LogP contribution in [0.4, 0.5) is 11.6 Å². The summed E-state index contributed by atoms with van der Waals surface area (Å²) in [6, 6.07) is 1.82. The molecule has 1 aromatic heterocycles. The number of anilines is 2. The highest BCUT2D eigenvalue weighted by molar-refractivity contribution is 5.45. The molecule has 1 fully saturated rings. The van der Waals surface area contributed by atoms with E-state index in [-0.39, 0.29) is 0 Å². The van der Waals surface area contributed by atoms with Gasteiger partial charge in [0.15, 0.2) is 0 Å². The normalized spacial score (nSPS) is 15.1. The second kappa shape index (κ2) is 5.14. The molecule has 0 aliphatic heterocycles. The molecule has 0 radical (unpaired) electrons. The Kier molecular flexibility index (Phi) is 3.59. The Labute approximate surface area is 96.7 Å². The number of nitrogen functional groups attached to an aromatic ring is 1. The fraction of sp³-hybridized carbons (Fsp3) is 0.667. The first-order valence-electron chi connectivity index (χ1n) is 6.18. The first kappa shape index (κ1) is 11.2. The maximum absolute atomic E-state index is 5.76. The van der Waals surface area contributed by atoms with Gasteiger partial charge < -0.3 is 11.1 Å². The van der Waals surface area contributed by atoms with Crippen molar-refractivity contribution in [2.45, 2.75) is 44.9 Å². The van der Waals surface area contributed by atoms with Gasteiger partial charge >= 0.3 is 0 Å². The lowest BCUT2D eigenvalue weighted by Gasteiger charge is -2.07. The first-order valence-corrected chi connectivity index (χ1v) is 6.18. The molecule has 0 unspecified atom stereocenters. The molecule has 0 bridgehead atoms. The summed E-state index contributed by atoms with van der Waals surface area (Å²) in [4.78, 5) is 8.76. The fourth-order valence-corrected chi connectivity index (χ4v) is 1.69. The Balaban J connectivity index is 1.92. The maximum atomic E-state index is 5.76. The van der Waals surface area contributed by atoms with Crippen molar-refractivity contribution in [3.05, 3.63) is 11.9 Å². The van der Waals surface area contributed by atoms with Crippen LogP contribution in [0.15, 0.2) is 6.07 Å². The van der Waals surface area contributed by atoms with E-state index < -0.39 is 0 Å². The van der Waals surface area contributed by atoms with Crippen molar-refractivity contribution in [3.63, 3.8) is 0 Å². The van der Waals surface area contributed by atoms with Crippen LogP contribution in [-0.4, -0.2) is 16.5 Å². The van der Waals surface area contributed by atoms with Crippen LogP contribution in [0.2, 0.25) is 0 Å². The topological polar surface area (TPSA) is 63.8 Å². The summed E-state index contributed by atoms with van der Waals surface area (Å²) in [5, 5.41) is 3.31. The van der Waals surface area contributed by atoms with Gasteiger partial charge in [-0.3, -0.25) is 0 Å². The monoisotopic (exact) mass is 220 g/mol. The summed E-state index contributed by atoms with van der Waals surface area (Å²) in [5.74, 6) is 2.93. The molecule has 1 heterocycles. The molecule has 0 aromatic carbocycles. The van der Waals surface area contributed by atoms with Gasteiger partial charge in [0.2, 0.25) is 0 Å². The molecule has 1 aliphatic carbocycles. The maximum Gasteiger partial charge on any atom is 0.136 e. The Morgan fingerprint density at radius 2 is 2.19 bits per heavy atom. The second-order valence-electron chi connectivity index (χ2n) is 4.44. The summed E-state index contributed by atoms with van der Waals surface area (Å²) in [5.41, 5.74) is 5.76. The molecule has 1 saturated carbocycles. The Morgan fingerprint density at radius 3 is 2.88 bits per heavy atom. The number of nitrogens with two attached hydrogens (primary N) is 1. The summed E-state index contributed by atoms with van der Waals surface area (Å²) in [7, 11) is 0. The molecule has 16 heavy (non-hydrogen) atoms. The zero-order chi connectivity index (χ0) is 11.4. The van der Waals surface area contributed by atoms with Crippen molar-refractivity contribution in [2.75, 3.05) is 17.6 Å². The van der Waals surface area contributed by atoms with E-state index in [4.69, 9.17) is 5.73 Å². The molecular formula is C12H20N4. The summed E-state index contributed by atoms with van der Waals surface area (Å²) in [6.45, 7) is 3.17. The van der Waals surface area contributed by atoms with Crippen LogP contribution in [0.1, 0.15) is 50.8 Å². The van der Waals surface area contributed by atoms with Crippen LogP contribution < -0.4 is 11.1 Å². The molecule has 4 nitrogen and oxygen atoms in total. The van der Waals surface area contributed by atoms with E-state index in [1.165, 1.54) is 32.1 Å². The van der Waals surface area contributed by atoms with Crippen molar-refractivity contribution < 1.29 is 0 Å². The SMILES string of the molecule is CCCCCNc1cc(N)nc(C2CC2)n1. The van der Waals surface area contributed by atoms with Crippen LogP contribution in [0.25, 0.3) is 0 Å². The smallest absolute Gasteiger partial charge is 0.136 e. The third-order valence-electron chi connectivity index (χ3n) is 2.79. The molecule has 1 aliphatic rings. The highest BCUT2D eigenvalue weighted by Gasteiger charge is 2.27. The predicted molar refractivity (Wildman–Crippen MR) is 66.4 cm³/mol. The number of hydrogen-bond donors (Lipinski definition) is 2. The molecule has 4 heteroatoms. The number of hydrogen-bond acceptors (Lipinski definition) is 4. The standard InChI is InChI=1S/C12H20N4/c1-2-3-4-7-14-11-8-10(13)15-12(16-11)9-5-6-9/h8-9H,2-7H2,1H3,(H3,13,14,15,16). The molecule has 2 rings (SSSR count). The quantitative estimate of drug-likeness (QED) is 0.723. The second-order valence-corrected chi connectivity index (χ2v) is 4.44. The summed E-state index contributed by atoms with van der Waals surface area (Å²) >= 11 is 0. The van der Waals surface area contributed by atoms with Crippen molar-refractivity contribution in [2.24, 2.45) is 0 Å². The molecule has 88 valence electrons. The molecule has 1 aromatic rings. The van der Waals surface area contributed by atoms with Gasteiger partial charge in [0.05, 0.1) is 0 Å². The van der Waals surface area contributed by atoms with Crippen molar-refractivity contribution in [3.8, 4) is 0 Å². The van der Waals surface area contributed by atoms with Crippen LogP contribution in [0.3, 0.4) is 0 Å². The zero-order valence-electron chi connectivity index (χ0n) is 9.87. The van der Waals surface area contributed by atoms with Gasteiger partial charge in [-0.25, -0.2) is 9.97 Å². The van der Waals surface area contributed by atoms with E-state index in [0.29, 0.717) is 11.7 Å². The van der Waals surface area contributed by atoms with Gasteiger partial charge in [0.25, 0.3) is 0 Å². The summed E-state index contributed by atoms with van der Waals surface area (Å²) < 4.78 is 0. The Bertz CT molecular complexity index is 347. The minimum absolute atomic E-state index is 0.555. The Morgan fingerprint density at radius 1 is 1.38 bits per heavy atom. The van der Waals surface area contributed by atoms with Gasteiger partial charge in [0, 0.05) is 18.5 Å². The van der Waals surface area contributed by atoms with Crippen molar-refractivity contribution in [1.29, 1.82) is 0 Å². The highest BCUT2D eigenvalue weighted by Crippen LogP contribution is 2.38. The van der Waals surface area contributed by atoms with E-state index in [1.807, 2.05) is 6.07 Å².